The maximum Gasteiger partial charge on any atom is 0.146 e. The van der Waals surface area contributed by atoms with Crippen molar-refractivity contribution in [2.45, 2.75) is 113 Å². The Hall–Kier alpha value is -2.76. The average Bonchev–Trinajstić information content (AvgIpc) is 2.92. The van der Waals surface area contributed by atoms with Crippen LogP contribution in [0.25, 0.3) is 0 Å². The third kappa shape index (κ3) is 13.2. The van der Waals surface area contributed by atoms with Crippen LogP contribution in [0.2, 0.25) is 0 Å². The van der Waals surface area contributed by atoms with Crippen molar-refractivity contribution in [3.8, 4) is 0 Å². The zero-order chi connectivity index (χ0) is 34.5. The zero-order valence-electron chi connectivity index (χ0n) is 30.6. The minimum absolute atomic E-state index is 0.00231. The molecular weight excluding hydrogens is 568 g/mol. The molecule has 0 radical (unpaired) electrons. The van der Waals surface area contributed by atoms with E-state index in [2.05, 4.69) is 147 Å². The smallest absolute Gasteiger partial charge is 0.146 e. The first-order valence-corrected chi connectivity index (χ1v) is 16.8. The van der Waals surface area contributed by atoms with Gasteiger partial charge in [0.15, 0.2) is 0 Å². The summed E-state index contributed by atoms with van der Waals surface area (Å²) >= 11 is 0. The van der Waals surface area contributed by atoms with Crippen molar-refractivity contribution >= 4 is 0 Å². The number of rotatable bonds is 13. The Kier molecular flexibility index (Phi) is 15.4. The van der Waals surface area contributed by atoms with E-state index in [9.17, 15) is 10.2 Å². The van der Waals surface area contributed by atoms with Gasteiger partial charge < -0.3 is 19.7 Å². The Labute approximate surface area is 281 Å². The first-order valence-electron chi connectivity index (χ1n) is 16.8. The lowest BCUT2D eigenvalue weighted by molar-refractivity contribution is -0.158. The lowest BCUT2D eigenvalue weighted by Gasteiger charge is -2.49. The van der Waals surface area contributed by atoms with Crippen LogP contribution in [0.1, 0.15) is 94.9 Å². The van der Waals surface area contributed by atoms with Gasteiger partial charge in [-0.1, -0.05) is 141 Å². The second kappa shape index (κ2) is 18.0. The third-order valence-corrected chi connectivity index (χ3v) is 9.14. The second-order valence-electron chi connectivity index (χ2n) is 15.0. The van der Waals surface area contributed by atoms with Gasteiger partial charge in [0.05, 0.1) is 17.8 Å². The summed E-state index contributed by atoms with van der Waals surface area (Å²) < 4.78 is 10.9. The highest BCUT2D eigenvalue weighted by Crippen LogP contribution is 2.48. The SMILES string of the molecule is COCOC1CC(C)(C)C(C=CC(C)=CC=CC(C)=CC=CC=C(C)C=CC=C(C)C=CC2=C(C)CC(O)CC2(C)C)C(C)(O)C1. The van der Waals surface area contributed by atoms with Crippen molar-refractivity contribution in [2.24, 2.45) is 16.7 Å². The number of aliphatic hydroxyl groups excluding tert-OH is 1. The van der Waals surface area contributed by atoms with Crippen LogP contribution in [0.3, 0.4) is 0 Å². The second-order valence-corrected chi connectivity index (χ2v) is 15.0. The van der Waals surface area contributed by atoms with Gasteiger partial charge in [0.25, 0.3) is 0 Å². The van der Waals surface area contributed by atoms with Gasteiger partial charge in [-0.15, -0.1) is 0 Å². The minimum atomic E-state index is -0.843. The number of hydrogen-bond donors (Lipinski definition) is 2. The molecule has 0 spiro atoms. The van der Waals surface area contributed by atoms with E-state index in [0.29, 0.717) is 6.42 Å². The monoisotopic (exact) mass is 630 g/mol. The maximum atomic E-state index is 11.3. The molecule has 2 aliphatic rings. The summed E-state index contributed by atoms with van der Waals surface area (Å²) in [6.07, 6.45) is 32.4. The van der Waals surface area contributed by atoms with Crippen molar-refractivity contribution < 1.29 is 19.7 Å². The summed E-state index contributed by atoms with van der Waals surface area (Å²) in [6, 6.07) is 0. The van der Waals surface area contributed by atoms with E-state index in [0.717, 1.165) is 30.4 Å². The molecule has 0 aromatic carbocycles. The predicted octanol–water partition coefficient (Wildman–Crippen LogP) is 10.2. The van der Waals surface area contributed by atoms with Crippen molar-refractivity contribution in [3.63, 3.8) is 0 Å². The van der Waals surface area contributed by atoms with Crippen LogP contribution in [0, 0.1) is 16.7 Å². The minimum Gasteiger partial charge on any atom is -0.393 e. The molecule has 4 unspecified atom stereocenters. The van der Waals surface area contributed by atoms with Crippen LogP contribution in [-0.4, -0.2) is 41.9 Å². The van der Waals surface area contributed by atoms with Gasteiger partial charge in [0, 0.05) is 19.4 Å². The molecule has 0 heterocycles. The molecule has 0 saturated heterocycles. The molecule has 0 bridgehead atoms. The Bertz CT molecular complexity index is 1300. The molecule has 46 heavy (non-hydrogen) atoms. The van der Waals surface area contributed by atoms with Crippen molar-refractivity contribution in [3.05, 3.63) is 119 Å². The first kappa shape index (κ1) is 39.4. The number of ether oxygens (including phenoxy) is 2. The van der Waals surface area contributed by atoms with Crippen LogP contribution in [0.4, 0.5) is 0 Å². The summed E-state index contributed by atoms with van der Waals surface area (Å²) in [4.78, 5) is 0. The van der Waals surface area contributed by atoms with E-state index in [4.69, 9.17) is 9.47 Å². The van der Waals surface area contributed by atoms with Gasteiger partial charge in [0.1, 0.15) is 6.79 Å². The molecular formula is C42H62O4. The summed E-state index contributed by atoms with van der Waals surface area (Å²) in [6.45, 7) is 21.5. The summed E-state index contributed by atoms with van der Waals surface area (Å²) in [7, 11) is 1.63. The lowest BCUT2D eigenvalue weighted by atomic mass is 9.61. The van der Waals surface area contributed by atoms with E-state index in [1.807, 2.05) is 6.92 Å². The largest absolute Gasteiger partial charge is 0.393 e. The highest BCUT2D eigenvalue weighted by molar-refractivity contribution is 5.38. The maximum absolute atomic E-state index is 11.3. The van der Waals surface area contributed by atoms with Gasteiger partial charge in [-0.2, -0.15) is 0 Å². The highest BCUT2D eigenvalue weighted by atomic mass is 16.7. The third-order valence-electron chi connectivity index (χ3n) is 9.14. The van der Waals surface area contributed by atoms with E-state index in [1.165, 1.54) is 22.3 Å². The molecule has 0 aromatic heterocycles. The molecule has 2 rings (SSSR count). The predicted molar refractivity (Wildman–Crippen MR) is 196 cm³/mol. The number of allylic oxidation sites excluding steroid dienone is 18. The summed E-state index contributed by atoms with van der Waals surface area (Å²) in [5.74, 6) is 0.0300. The summed E-state index contributed by atoms with van der Waals surface area (Å²) in [5, 5.41) is 21.4. The Morgan fingerprint density at radius 1 is 0.761 bits per heavy atom. The van der Waals surface area contributed by atoms with E-state index < -0.39 is 5.60 Å². The Morgan fingerprint density at radius 3 is 1.80 bits per heavy atom. The fourth-order valence-corrected chi connectivity index (χ4v) is 6.95. The van der Waals surface area contributed by atoms with E-state index in [-0.39, 0.29) is 35.7 Å². The molecule has 1 saturated carbocycles. The van der Waals surface area contributed by atoms with Crippen LogP contribution < -0.4 is 0 Å². The van der Waals surface area contributed by atoms with Crippen LogP contribution in [0.5, 0.6) is 0 Å². The topological polar surface area (TPSA) is 58.9 Å². The standard InChI is InChI=1S/C42H62O4/c1-31(18-14-20-33(3)22-24-38-35(5)26-36(43)27-40(38,6)7)16-12-13-17-32(2)19-15-21-34(4)23-25-39-41(8,9)28-37(46-30-45-11)29-42(39,10)44/h12-25,36-37,39,43-44H,26-30H2,1-11H3. The molecule has 4 atom stereocenters. The van der Waals surface area contributed by atoms with Crippen LogP contribution >= 0.6 is 0 Å². The molecule has 4 nitrogen and oxygen atoms in total. The molecule has 0 aliphatic heterocycles. The van der Waals surface area contributed by atoms with Crippen molar-refractivity contribution in [2.75, 3.05) is 13.9 Å². The molecule has 2 N–H and O–H groups in total. The molecule has 4 heteroatoms. The van der Waals surface area contributed by atoms with Gasteiger partial charge in [-0.3, -0.25) is 0 Å². The number of aliphatic hydroxyl groups is 2. The van der Waals surface area contributed by atoms with Crippen molar-refractivity contribution in [1.29, 1.82) is 0 Å². The molecule has 254 valence electrons. The molecule has 1 fully saturated rings. The lowest BCUT2D eigenvalue weighted by Crippen LogP contribution is -2.51. The normalized spacial score (nSPS) is 28.7. The van der Waals surface area contributed by atoms with Gasteiger partial charge in [0.2, 0.25) is 0 Å². The van der Waals surface area contributed by atoms with Gasteiger partial charge >= 0.3 is 0 Å². The fourth-order valence-electron chi connectivity index (χ4n) is 6.95. The Morgan fingerprint density at radius 2 is 1.28 bits per heavy atom. The Balaban J connectivity index is 1.91. The summed E-state index contributed by atoms with van der Waals surface area (Å²) in [5.41, 5.74) is 6.36. The average molecular weight is 631 g/mol. The van der Waals surface area contributed by atoms with Gasteiger partial charge in [-0.05, 0) is 77.2 Å². The van der Waals surface area contributed by atoms with Gasteiger partial charge in [-0.25, -0.2) is 0 Å². The van der Waals surface area contributed by atoms with E-state index in [1.54, 1.807) is 7.11 Å². The highest BCUT2D eigenvalue weighted by Gasteiger charge is 2.48. The molecule has 0 aromatic rings. The first-order chi connectivity index (χ1) is 21.5. The fraction of sp³-hybridized carbons (Fsp3) is 0.524. The molecule has 0 amide bonds. The quantitative estimate of drug-likeness (QED) is 0.157. The van der Waals surface area contributed by atoms with Crippen molar-refractivity contribution in [1.82, 2.24) is 0 Å². The van der Waals surface area contributed by atoms with Crippen LogP contribution in [0.15, 0.2) is 119 Å². The van der Waals surface area contributed by atoms with Crippen LogP contribution in [-0.2, 0) is 9.47 Å². The van der Waals surface area contributed by atoms with E-state index >= 15 is 0 Å². The molecule has 2 aliphatic carbocycles. The number of hydrogen-bond acceptors (Lipinski definition) is 4. The zero-order valence-corrected chi connectivity index (χ0v) is 30.6. The number of methoxy groups -OCH3 is 1.